The van der Waals surface area contributed by atoms with Gasteiger partial charge in [-0.15, -0.1) is 0 Å². The van der Waals surface area contributed by atoms with E-state index in [2.05, 4.69) is 15.9 Å². The molecule has 0 aromatic heterocycles. The quantitative estimate of drug-likeness (QED) is 0.704. The Morgan fingerprint density at radius 1 is 1.29 bits per heavy atom. The molecule has 0 saturated heterocycles. The molecule has 76 valence electrons. The first kappa shape index (κ1) is 10.1. The lowest BCUT2D eigenvalue weighted by molar-refractivity contribution is 0.00775. The second-order valence-electron chi connectivity index (χ2n) is 3.82. The van der Waals surface area contributed by atoms with Gasteiger partial charge >= 0.3 is 0 Å². The van der Waals surface area contributed by atoms with Gasteiger partial charge in [-0.2, -0.15) is 0 Å². The van der Waals surface area contributed by atoms with Crippen LogP contribution in [0.4, 0.5) is 8.78 Å². The Balaban J connectivity index is 2.22. The average Bonchev–Trinajstić information content (AvgIpc) is 2.47. The highest BCUT2D eigenvalue weighted by molar-refractivity contribution is 9.10. The van der Waals surface area contributed by atoms with Crippen LogP contribution in [0.1, 0.15) is 30.7 Å². The molecule has 0 aliphatic heterocycles. The first-order valence-electron chi connectivity index (χ1n) is 4.71. The lowest BCUT2D eigenvalue weighted by Crippen LogP contribution is -2.09. The number of halogens is 3. The first-order chi connectivity index (χ1) is 6.58. The van der Waals surface area contributed by atoms with Gasteiger partial charge in [0.15, 0.2) is 0 Å². The fourth-order valence-corrected chi connectivity index (χ4v) is 2.63. The zero-order valence-corrected chi connectivity index (χ0v) is 9.23. The van der Waals surface area contributed by atoms with Crippen molar-refractivity contribution in [2.45, 2.75) is 31.1 Å². The highest BCUT2D eigenvalue weighted by Gasteiger charge is 2.40. The summed E-state index contributed by atoms with van der Waals surface area (Å²) in [4.78, 5) is 0. The first-order valence-corrected chi connectivity index (χ1v) is 5.50. The molecular formula is C11H11BrF2. The molecule has 1 aliphatic carbocycles. The standard InChI is InChI=1S/C11H11BrF2/c12-10-4-2-1-3-9(10)8-5-6-11(13,14)7-8/h1-4,8H,5-7H2. The molecule has 0 heterocycles. The van der Waals surface area contributed by atoms with Crippen molar-refractivity contribution in [1.82, 2.24) is 0 Å². The van der Waals surface area contributed by atoms with Gasteiger partial charge in [0.2, 0.25) is 5.92 Å². The Hall–Kier alpha value is -0.440. The van der Waals surface area contributed by atoms with Crippen LogP contribution < -0.4 is 0 Å². The Bertz CT molecular complexity index is 336. The fourth-order valence-electron chi connectivity index (χ4n) is 2.02. The molecule has 0 radical (unpaired) electrons. The molecule has 3 heteroatoms. The molecule has 0 bridgehead atoms. The van der Waals surface area contributed by atoms with Gasteiger partial charge in [-0.05, 0) is 24.0 Å². The van der Waals surface area contributed by atoms with E-state index in [1.807, 2.05) is 24.3 Å². The summed E-state index contributed by atoms with van der Waals surface area (Å²) in [6.07, 6.45) is 0.615. The van der Waals surface area contributed by atoms with Crippen LogP contribution in [0.2, 0.25) is 0 Å². The van der Waals surface area contributed by atoms with E-state index in [-0.39, 0.29) is 18.8 Å². The molecule has 1 atom stereocenters. The van der Waals surface area contributed by atoms with Crippen molar-refractivity contribution >= 4 is 15.9 Å². The van der Waals surface area contributed by atoms with E-state index in [0.29, 0.717) is 6.42 Å². The van der Waals surface area contributed by atoms with Crippen LogP contribution in [-0.2, 0) is 0 Å². The summed E-state index contributed by atoms with van der Waals surface area (Å²) in [5.74, 6) is -2.44. The van der Waals surface area contributed by atoms with Crippen LogP contribution in [0.3, 0.4) is 0 Å². The Morgan fingerprint density at radius 3 is 2.57 bits per heavy atom. The fraction of sp³-hybridized carbons (Fsp3) is 0.455. The molecule has 0 N–H and O–H groups in total. The average molecular weight is 261 g/mol. The Labute approximate surface area is 90.4 Å². The third-order valence-corrected chi connectivity index (χ3v) is 3.47. The molecule has 1 aromatic rings. The summed E-state index contributed by atoms with van der Waals surface area (Å²) in [6.45, 7) is 0. The monoisotopic (exact) mass is 260 g/mol. The van der Waals surface area contributed by atoms with Crippen LogP contribution >= 0.6 is 15.9 Å². The summed E-state index contributed by atoms with van der Waals surface area (Å²) in [5.41, 5.74) is 1.02. The van der Waals surface area contributed by atoms with Gasteiger partial charge in [0.05, 0.1) is 0 Å². The molecular weight excluding hydrogens is 250 g/mol. The summed E-state index contributed by atoms with van der Waals surface area (Å²) < 4.78 is 26.9. The van der Waals surface area contributed by atoms with Crippen molar-refractivity contribution < 1.29 is 8.78 Å². The summed E-state index contributed by atoms with van der Waals surface area (Å²) in [7, 11) is 0. The van der Waals surface area contributed by atoms with Crippen molar-refractivity contribution in [2.24, 2.45) is 0 Å². The van der Waals surface area contributed by atoms with Crippen molar-refractivity contribution in [3.05, 3.63) is 34.3 Å². The molecule has 1 aliphatic rings. The van der Waals surface area contributed by atoms with Gasteiger partial charge in [-0.3, -0.25) is 0 Å². The Morgan fingerprint density at radius 2 is 2.00 bits per heavy atom. The molecule has 0 amide bonds. The van der Waals surface area contributed by atoms with E-state index in [1.54, 1.807) is 0 Å². The summed E-state index contributed by atoms with van der Waals surface area (Å²) in [5, 5.41) is 0. The third kappa shape index (κ3) is 1.97. The van der Waals surface area contributed by atoms with Crippen LogP contribution in [0, 0.1) is 0 Å². The Kier molecular flexibility index (Phi) is 2.60. The summed E-state index contributed by atoms with van der Waals surface area (Å²) >= 11 is 3.40. The third-order valence-electron chi connectivity index (χ3n) is 2.75. The lowest BCUT2D eigenvalue weighted by Gasteiger charge is -2.12. The van der Waals surface area contributed by atoms with E-state index in [0.717, 1.165) is 10.0 Å². The minimum Gasteiger partial charge on any atom is -0.207 e. The van der Waals surface area contributed by atoms with Gasteiger partial charge in [-0.1, -0.05) is 34.1 Å². The van der Waals surface area contributed by atoms with Crippen LogP contribution in [0.5, 0.6) is 0 Å². The predicted octanol–water partition coefficient (Wildman–Crippen LogP) is 4.35. The van der Waals surface area contributed by atoms with Crippen LogP contribution in [0.25, 0.3) is 0 Å². The highest BCUT2D eigenvalue weighted by atomic mass is 79.9. The van der Waals surface area contributed by atoms with Crippen molar-refractivity contribution in [3.63, 3.8) is 0 Å². The topological polar surface area (TPSA) is 0 Å². The van der Waals surface area contributed by atoms with Gasteiger partial charge < -0.3 is 0 Å². The van der Waals surface area contributed by atoms with Crippen molar-refractivity contribution in [1.29, 1.82) is 0 Å². The predicted molar refractivity (Wildman–Crippen MR) is 55.7 cm³/mol. The molecule has 1 saturated carbocycles. The van der Waals surface area contributed by atoms with Crippen LogP contribution in [0.15, 0.2) is 28.7 Å². The molecule has 1 fully saturated rings. The lowest BCUT2D eigenvalue weighted by atomic mass is 9.98. The van der Waals surface area contributed by atoms with E-state index >= 15 is 0 Å². The van der Waals surface area contributed by atoms with Crippen molar-refractivity contribution in [2.75, 3.05) is 0 Å². The molecule has 1 unspecified atom stereocenters. The molecule has 0 nitrogen and oxygen atoms in total. The largest absolute Gasteiger partial charge is 0.248 e. The maximum atomic E-state index is 13.0. The number of hydrogen-bond acceptors (Lipinski definition) is 0. The molecule has 14 heavy (non-hydrogen) atoms. The maximum Gasteiger partial charge on any atom is 0.248 e. The highest BCUT2D eigenvalue weighted by Crippen LogP contribution is 2.45. The minimum atomic E-state index is -2.46. The van der Waals surface area contributed by atoms with Crippen molar-refractivity contribution in [3.8, 4) is 0 Å². The second kappa shape index (κ2) is 3.61. The van der Waals surface area contributed by atoms with E-state index in [4.69, 9.17) is 0 Å². The van der Waals surface area contributed by atoms with E-state index in [9.17, 15) is 8.78 Å². The second-order valence-corrected chi connectivity index (χ2v) is 4.67. The van der Waals surface area contributed by atoms with E-state index < -0.39 is 5.92 Å². The summed E-state index contributed by atoms with van der Waals surface area (Å²) in [6, 6.07) is 7.64. The molecule has 2 rings (SSSR count). The smallest absolute Gasteiger partial charge is 0.207 e. The number of benzene rings is 1. The number of rotatable bonds is 1. The number of hydrogen-bond donors (Lipinski definition) is 0. The maximum absolute atomic E-state index is 13.0. The molecule has 0 spiro atoms. The van der Waals surface area contributed by atoms with E-state index in [1.165, 1.54) is 0 Å². The van der Waals surface area contributed by atoms with Gasteiger partial charge in [-0.25, -0.2) is 8.78 Å². The van der Waals surface area contributed by atoms with Gasteiger partial charge in [0.1, 0.15) is 0 Å². The minimum absolute atomic E-state index is 0.00435. The SMILES string of the molecule is FC1(F)CCC(c2ccccc2Br)C1. The zero-order chi connectivity index (χ0) is 10.2. The van der Waals surface area contributed by atoms with Crippen LogP contribution in [-0.4, -0.2) is 5.92 Å². The number of alkyl halides is 2. The van der Waals surface area contributed by atoms with Gasteiger partial charge in [0.25, 0.3) is 0 Å². The van der Waals surface area contributed by atoms with Gasteiger partial charge in [0, 0.05) is 17.3 Å². The zero-order valence-electron chi connectivity index (χ0n) is 7.64. The normalized spacial score (nSPS) is 25.2. The molecule has 1 aromatic carbocycles.